The molecule has 0 saturated heterocycles. The zero-order chi connectivity index (χ0) is 21.3. The Balaban J connectivity index is 1.68. The maximum absolute atomic E-state index is 13.1. The number of benzene rings is 2. The molecule has 0 unspecified atom stereocenters. The Morgan fingerprint density at radius 3 is 2.53 bits per heavy atom. The van der Waals surface area contributed by atoms with Gasteiger partial charge in [-0.2, -0.15) is 0 Å². The number of aromatic nitrogens is 4. The van der Waals surface area contributed by atoms with Crippen LogP contribution in [-0.2, 0) is 0 Å². The van der Waals surface area contributed by atoms with Gasteiger partial charge < -0.3 is 4.42 Å². The molecule has 4 aromatic rings. The third kappa shape index (κ3) is 3.89. The molecule has 0 aliphatic carbocycles. The van der Waals surface area contributed by atoms with Gasteiger partial charge >= 0.3 is 0 Å². The molecule has 2 aromatic heterocycles. The first kappa shape index (κ1) is 20.3. The maximum atomic E-state index is 13.1. The fourth-order valence-corrected chi connectivity index (χ4v) is 4.24. The summed E-state index contributed by atoms with van der Waals surface area (Å²) in [5.74, 6) is 0.997. The molecule has 0 radical (unpaired) electrons. The first-order chi connectivity index (χ1) is 14.5. The Morgan fingerprint density at radius 1 is 1.07 bits per heavy atom. The molecule has 7 heteroatoms. The molecule has 4 rings (SSSR count). The Kier molecular flexibility index (Phi) is 5.72. The van der Waals surface area contributed by atoms with E-state index >= 15 is 0 Å². The molecule has 30 heavy (non-hydrogen) atoms. The van der Waals surface area contributed by atoms with Gasteiger partial charge in [0.25, 0.3) is 5.56 Å². The van der Waals surface area contributed by atoms with Crippen LogP contribution in [0.1, 0.15) is 49.9 Å². The lowest BCUT2D eigenvalue weighted by Gasteiger charge is -2.19. The SMILES string of the molecule is CC[C@H](C)n1c(S[C@@H](C)c2nnc(-c3ccc(C)cc3)o2)nc2ccccc2c1=O. The topological polar surface area (TPSA) is 73.8 Å². The Bertz CT molecular complexity index is 1230. The minimum Gasteiger partial charge on any atom is -0.419 e. The third-order valence-electron chi connectivity index (χ3n) is 5.18. The van der Waals surface area contributed by atoms with Crippen molar-refractivity contribution in [3.63, 3.8) is 0 Å². The molecule has 0 bridgehead atoms. The van der Waals surface area contributed by atoms with Gasteiger partial charge in [0, 0.05) is 11.6 Å². The molecule has 154 valence electrons. The Labute approximate surface area is 179 Å². The lowest BCUT2D eigenvalue weighted by molar-refractivity contribution is 0.466. The highest BCUT2D eigenvalue weighted by molar-refractivity contribution is 7.99. The minimum absolute atomic E-state index is 0.0180. The summed E-state index contributed by atoms with van der Waals surface area (Å²) in [5, 5.41) is 9.58. The van der Waals surface area contributed by atoms with Gasteiger partial charge in [-0.1, -0.05) is 48.5 Å². The molecular formula is C23H24N4O2S. The van der Waals surface area contributed by atoms with Crippen molar-refractivity contribution < 1.29 is 4.42 Å². The molecule has 0 aliphatic rings. The van der Waals surface area contributed by atoms with Gasteiger partial charge in [0.1, 0.15) is 0 Å². The van der Waals surface area contributed by atoms with Gasteiger partial charge in [0.2, 0.25) is 11.8 Å². The van der Waals surface area contributed by atoms with Crippen LogP contribution >= 0.6 is 11.8 Å². The smallest absolute Gasteiger partial charge is 0.262 e. The van der Waals surface area contributed by atoms with E-state index in [-0.39, 0.29) is 16.9 Å². The average molecular weight is 421 g/mol. The van der Waals surface area contributed by atoms with E-state index in [4.69, 9.17) is 9.40 Å². The lowest BCUT2D eigenvalue weighted by Crippen LogP contribution is -2.26. The van der Waals surface area contributed by atoms with Crippen molar-refractivity contribution in [1.82, 2.24) is 19.7 Å². The second-order valence-corrected chi connectivity index (χ2v) is 8.72. The fraction of sp³-hybridized carbons (Fsp3) is 0.304. The molecule has 6 nitrogen and oxygen atoms in total. The zero-order valence-electron chi connectivity index (χ0n) is 17.5. The first-order valence-electron chi connectivity index (χ1n) is 10.1. The van der Waals surface area contributed by atoms with Gasteiger partial charge in [-0.25, -0.2) is 4.98 Å². The molecule has 0 saturated carbocycles. The third-order valence-corrected chi connectivity index (χ3v) is 6.23. The van der Waals surface area contributed by atoms with Crippen molar-refractivity contribution in [2.75, 3.05) is 0 Å². The summed E-state index contributed by atoms with van der Waals surface area (Å²) in [5.41, 5.74) is 2.74. The molecule has 0 fully saturated rings. The summed E-state index contributed by atoms with van der Waals surface area (Å²) >= 11 is 1.46. The number of fused-ring (bicyclic) bond motifs is 1. The molecular weight excluding hydrogens is 396 g/mol. The van der Waals surface area contributed by atoms with Crippen molar-refractivity contribution in [3.05, 3.63) is 70.3 Å². The standard InChI is InChI=1S/C23H24N4O2S/c1-5-15(3)27-22(28)18-8-6-7-9-19(18)24-23(27)30-16(4)20-25-26-21(29-20)17-12-10-14(2)11-13-17/h6-13,15-16H,5H2,1-4H3/t15-,16-/m0/s1. The number of para-hydroxylation sites is 1. The molecule has 2 atom stereocenters. The van der Waals surface area contributed by atoms with Crippen molar-refractivity contribution in [1.29, 1.82) is 0 Å². The van der Waals surface area contributed by atoms with Crippen molar-refractivity contribution in [2.45, 2.75) is 50.6 Å². The number of nitrogens with zero attached hydrogens (tertiary/aromatic N) is 4. The number of hydrogen-bond acceptors (Lipinski definition) is 6. The maximum Gasteiger partial charge on any atom is 0.262 e. The van der Waals surface area contributed by atoms with E-state index in [1.54, 1.807) is 4.57 Å². The highest BCUT2D eigenvalue weighted by Crippen LogP contribution is 2.35. The van der Waals surface area contributed by atoms with E-state index in [2.05, 4.69) is 17.1 Å². The number of rotatable bonds is 6. The van der Waals surface area contributed by atoms with E-state index in [0.29, 0.717) is 27.8 Å². The summed E-state index contributed by atoms with van der Waals surface area (Å²) < 4.78 is 7.71. The van der Waals surface area contributed by atoms with Crippen LogP contribution in [-0.4, -0.2) is 19.7 Å². The number of thioether (sulfide) groups is 1. The Hall–Kier alpha value is -2.93. The van der Waals surface area contributed by atoms with E-state index in [0.717, 1.165) is 12.0 Å². The normalized spacial score (nSPS) is 13.5. The van der Waals surface area contributed by atoms with E-state index in [9.17, 15) is 4.79 Å². The zero-order valence-corrected chi connectivity index (χ0v) is 18.3. The van der Waals surface area contributed by atoms with Crippen LogP contribution in [0.3, 0.4) is 0 Å². The molecule has 2 aromatic carbocycles. The minimum atomic E-state index is -0.153. The molecule has 0 amide bonds. The van der Waals surface area contributed by atoms with Crippen LogP contribution in [0.5, 0.6) is 0 Å². The summed E-state index contributed by atoms with van der Waals surface area (Å²) in [4.78, 5) is 17.9. The summed E-state index contributed by atoms with van der Waals surface area (Å²) in [6.45, 7) is 8.12. The van der Waals surface area contributed by atoms with E-state index in [1.165, 1.54) is 17.3 Å². The van der Waals surface area contributed by atoms with E-state index < -0.39 is 0 Å². The van der Waals surface area contributed by atoms with Gasteiger partial charge in [0.05, 0.1) is 16.2 Å². The second kappa shape index (κ2) is 8.44. The average Bonchev–Trinajstić information content (AvgIpc) is 3.24. The van der Waals surface area contributed by atoms with Crippen LogP contribution in [0.25, 0.3) is 22.4 Å². The predicted molar refractivity (Wildman–Crippen MR) is 120 cm³/mol. The van der Waals surface area contributed by atoms with Crippen molar-refractivity contribution in [3.8, 4) is 11.5 Å². The predicted octanol–water partition coefficient (Wildman–Crippen LogP) is 5.58. The van der Waals surface area contributed by atoms with Gasteiger partial charge in [-0.3, -0.25) is 9.36 Å². The van der Waals surface area contributed by atoms with Crippen LogP contribution in [0.15, 0.2) is 62.9 Å². The fourth-order valence-electron chi connectivity index (χ4n) is 3.20. The summed E-state index contributed by atoms with van der Waals surface area (Å²) in [6.07, 6.45) is 0.833. The van der Waals surface area contributed by atoms with Crippen LogP contribution in [0.4, 0.5) is 0 Å². The van der Waals surface area contributed by atoms with Crippen molar-refractivity contribution in [2.24, 2.45) is 0 Å². The number of aryl methyl sites for hydroxylation is 1. The highest BCUT2D eigenvalue weighted by Gasteiger charge is 2.22. The number of hydrogen-bond donors (Lipinski definition) is 0. The summed E-state index contributed by atoms with van der Waals surface area (Å²) in [7, 11) is 0. The molecule has 0 N–H and O–H groups in total. The largest absolute Gasteiger partial charge is 0.419 e. The van der Waals surface area contributed by atoms with Gasteiger partial charge in [0.15, 0.2) is 5.16 Å². The van der Waals surface area contributed by atoms with Crippen LogP contribution < -0.4 is 5.56 Å². The Morgan fingerprint density at radius 2 is 1.80 bits per heavy atom. The molecule has 0 spiro atoms. The lowest BCUT2D eigenvalue weighted by atomic mass is 10.1. The molecule has 2 heterocycles. The van der Waals surface area contributed by atoms with Crippen LogP contribution in [0.2, 0.25) is 0 Å². The molecule has 0 aliphatic heterocycles. The second-order valence-electron chi connectivity index (χ2n) is 7.42. The summed E-state index contributed by atoms with van der Waals surface area (Å²) in [6, 6.07) is 15.5. The van der Waals surface area contributed by atoms with Crippen LogP contribution in [0, 0.1) is 6.92 Å². The van der Waals surface area contributed by atoms with Gasteiger partial charge in [-0.15, -0.1) is 10.2 Å². The van der Waals surface area contributed by atoms with Crippen molar-refractivity contribution >= 4 is 22.7 Å². The highest BCUT2D eigenvalue weighted by atomic mass is 32.2. The van der Waals surface area contributed by atoms with E-state index in [1.807, 2.05) is 69.3 Å². The first-order valence-corrected chi connectivity index (χ1v) is 10.9. The monoisotopic (exact) mass is 420 g/mol. The van der Waals surface area contributed by atoms with Gasteiger partial charge in [-0.05, 0) is 51.5 Å². The quantitative estimate of drug-likeness (QED) is 0.299.